The highest BCUT2D eigenvalue weighted by molar-refractivity contribution is 6.45. The third kappa shape index (κ3) is 2.42. The lowest BCUT2D eigenvalue weighted by atomic mass is 10.0. The van der Waals surface area contributed by atoms with Crippen molar-refractivity contribution in [3.05, 3.63) is 70.5 Å². The number of amides is 2. The van der Waals surface area contributed by atoms with E-state index in [1.807, 2.05) is 45.0 Å². The van der Waals surface area contributed by atoms with Gasteiger partial charge in [-0.1, -0.05) is 47.5 Å². The maximum atomic E-state index is 12.7. The molecule has 2 aromatic carbocycles. The molecule has 1 aliphatic heterocycles. The molecule has 1 N–H and O–H groups in total. The molecule has 0 atom stereocenters. The van der Waals surface area contributed by atoms with Crippen molar-refractivity contribution in [3.8, 4) is 0 Å². The molecule has 1 aliphatic rings. The highest BCUT2D eigenvalue weighted by Crippen LogP contribution is 2.33. The van der Waals surface area contributed by atoms with E-state index in [1.54, 1.807) is 18.2 Å². The molecule has 23 heavy (non-hydrogen) atoms. The van der Waals surface area contributed by atoms with Gasteiger partial charge in [0, 0.05) is 0 Å². The first kappa shape index (κ1) is 15.0. The summed E-state index contributed by atoms with van der Waals surface area (Å²) in [5.74, 6) is -1.68. The topological polar surface area (TPSA) is 57.6 Å². The molecule has 116 valence electrons. The Morgan fingerprint density at radius 3 is 2.04 bits per heavy atom. The monoisotopic (exact) mass is 307 g/mol. The average Bonchev–Trinajstić information content (AvgIpc) is 2.72. The molecule has 0 saturated heterocycles. The lowest BCUT2D eigenvalue weighted by Gasteiger charge is -2.17. The van der Waals surface area contributed by atoms with Gasteiger partial charge in [0.1, 0.15) is 0 Å². The summed E-state index contributed by atoms with van der Waals surface area (Å²) in [6.45, 7) is 5.71. The summed E-state index contributed by atoms with van der Waals surface area (Å²) in [5, 5.41) is 10.2. The molecule has 0 fully saturated rings. The summed E-state index contributed by atoms with van der Waals surface area (Å²) in [6, 6.07) is 12.6. The third-order valence-corrected chi connectivity index (χ3v) is 3.99. The first-order valence-corrected chi connectivity index (χ1v) is 7.36. The Kier molecular flexibility index (Phi) is 3.52. The molecule has 0 aromatic heterocycles. The van der Waals surface area contributed by atoms with Gasteiger partial charge in [0.2, 0.25) is 0 Å². The first-order chi connectivity index (χ1) is 10.9. The molecule has 4 nitrogen and oxygen atoms in total. The Morgan fingerprint density at radius 1 is 0.826 bits per heavy atom. The number of aryl methyl sites for hydroxylation is 3. The highest BCUT2D eigenvalue weighted by atomic mass is 16.3. The molecular weight excluding hydrogens is 290 g/mol. The van der Waals surface area contributed by atoms with Crippen molar-refractivity contribution >= 4 is 23.1 Å². The van der Waals surface area contributed by atoms with E-state index in [9.17, 15) is 14.7 Å². The quantitative estimate of drug-likeness (QED) is 0.865. The molecule has 0 unspecified atom stereocenters. The fourth-order valence-corrected chi connectivity index (χ4v) is 2.77. The fraction of sp³-hybridized carbons (Fsp3) is 0.158. The zero-order chi connectivity index (χ0) is 16.7. The Hall–Kier alpha value is -2.88. The van der Waals surface area contributed by atoms with Crippen LogP contribution >= 0.6 is 0 Å². The Bertz CT molecular complexity index is 847. The molecule has 0 radical (unpaired) electrons. The van der Waals surface area contributed by atoms with Crippen molar-refractivity contribution in [2.45, 2.75) is 20.8 Å². The average molecular weight is 307 g/mol. The highest BCUT2D eigenvalue weighted by Gasteiger charge is 2.40. The summed E-state index contributed by atoms with van der Waals surface area (Å²) in [4.78, 5) is 26.2. The van der Waals surface area contributed by atoms with Crippen LogP contribution in [0.15, 0.2) is 48.2 Å². The predicted octanol–water partition coefficient (Wildman–Crippen LogP) is 3.45. The number of imide groups is 1. The largest absolute Gasteiger partial charge is 0.502 e. The zero-order valence-electron chi connectivity index (χ0n) is 13.3. The van der Waals surface area contributed by atoms with Crippen LogP contribution in [0, 0.1) is 20.8 Å². The van der Waals surface area contributed by atoms with Crippen molar-refractivity contribution in [1.82, 2.24) is 0 Å². The van der Waals surface area contributed by atoms with Gasteiger partial charge in [-0.05, 0) is 38.0 Å². The van der Waals surface area contributed by atoms with Crippen LogP contribution in [0.1, 0.15) is 22.3 Å². The summed E-state index contributed by atoms with van der Waals surface area (Å²) in [6.07, 6.45) is 0. The van der Waals surface area contributed by atoms with Crippen LogP contribution in [0.3, 0.4) is 0 Å². The lowest BCUT2D eigenvalue weighted by Crippen LogP contribution is -2.32. The fourth-order valence-electron chi connectivity index (χ4n) is 2.77. The number of anilines is 1. The molecule has 4 heteroatoms. The number of nitrogens with zero attached hydrogens (tertiary/aromatic N) is 1. The van der Waals surface area contributed by atoms with Crippen LogP contribution < -0.4 is 4.90 Å². The molecule has 0 saturated carbocycles. The Morgan fingerprint density at radius 2 is 1.43 bits per heavy atom. The van der Waals surface area contributed by atoms with Crippen molar-refractivity contribution in [2.24, 2.45) is 0 Å². The number of hydrogen-bond donors (Lipinski definition) is 1. The second kappa shape index (κ2) is 5.39. The summed E-state index contributed by atoms with van der Waals surface area (Å²) in [5.41, 5.74) is 3.98. The second-order valence-electron chi connectivity index (χ2n) is 5.83. The van der Waals surface area contributed by atoms with Crippen LogP contribution in [-0.2, 0) is 9.59 Å². The van der Waals surface area contributed by atoms with E-state index in [0.717, 1.165) is 21.6 Å². The minimum absolute atomic E-state index is 0.0509. The van der Waals surface area contributed by atoms with E-state index >= 15 is 0 Å². The number of benzene rings is 2. The SMILES string of the molecule is Cc1ccc(C2=C(O)C(=O)N(c3ccc(C)cc3C)C2=O)cc1. The number of aliphatic hydroxyl groups is 1. The molecule has 2 aromatic rings. The maximum Gasteiger partial charge on any atom is 0.301 e. The van der Waals surface area contributed by atoms with E-state index < -0.39 is 17.6 Å². The Labute approximate surface area is 134 Å². The molecule has 2 amide bonds. The van der Waals surface area contributed by atoms with Crippen LogP contribution in [0.4, 0.5) is 5.69 Å². The van der Waals surface area contributed by atoms with E-state index in [2.05, 4.69) is 0 Å². The van der Waals surface area contributed by atoms with Crippen LogP contribution in [0.5, 0.6) is 0 Å². The number of rotatable bonds is 2. The number of hydrogen-bond acceptors (Lipinski definition) is 3. The lowest BCUT2D eigenvalue weighted by molar-refractivity contribution is -0.121. The molecular formula is C19H17NO3. The van der Waals surface area contributed by atoms with Crippen molar-refractivity contribution in [1.29, 1.82) is 0 Å². The van der Waals surface area contributed by atoms with Gasteiger partial charge in [0.25, 0.3) is 5.91 Å². The number of aliphatic hydroxyl groups excluding tert-OH is 1. The van der Waals surface area contributed by atoms with Crippen molar-refractivity contribution in [2.75, 3.05) is 4.90 Å². The Balaban J connectivity index is 2.07. The molecule has 1 heterocycles. The van der Waals surface area contributed by atoms with Gasteiger partial charge in [-0.25, -0.2) is 4.90 Å². The zero-order valence-corrected chi connectivity index (χ0v) is 13.3. The van der Waals surface area contributed by atoms with Gasteiger partial charge < -0.3 is 5.11 Å². The van der Waals surface area contributed by atoms with E-state index in [4.69, 9.17) is 0 Å². The molecule has 3 rings (SSSR count). The molecule has 0 bridgehead atoms. The first-order valence-electron chi connectivity index (χ1n) is 7.36. The van der Waals surface area contributed by atoms with Crippen molar-refractivity contribution in [3.63, 3.8) is 0 Å². The van der Waals surface area contributed by atoms with E-state index in [-0.39, 0.29) is 5.57 Å². The number of carbonyl (C=O) groups is 2. The van der Waals surface area contributed by atoms with Gasteiger partial charge in [-0.2, -0.15) is 0 Å². The van der Waals surface area contributed by atoms with Crippen LogP contribution in [0.2, 0.25) is 0 Å². The van der Waals surface area contributed by atoms with Gasteiger partial charge in [-0.15, -0.1) is 0 Å². The van der Waals surface area contributed by atoms with E-state index in [0.29, 0.717) is 11.3 Å². The van der Waals surface area contributed by atoms with Gasteiger partial charge in [-0.3, -0.25) is 9.59 Å². The van der Waals surface area contributed by atoms with Gasteiger partial charge in [0.05, 0.1) is 11.3 Å². The second-order valence-corrected chi connectivity index (χ2v) is 5.83. The number of carbonyl (C=O) groups excluding carboxylic acids is 2. The van der Waals surface area contributed by atoms with Gasteiger partial charge in [0.15, 0.2) is 5.76 Å². The minimum atomic E-state index is -0.683. The van der Waals surface area contributed by atoms with Crippen LogP contribution in [-0.4, -0.2) is 16.9 Å². The van der Waals surface area contributed by atoms with Crippen molar-refractivity contribution < 1.29 is 14.7 Å². The molecule has 0 spiro atoms. The standard InChI is InChI=1S/C19H17NO3/c1-11-4-7-14(8-5-11)16-17(21)19(23)20(18(16)22)15-9-6-12(2)10-13(15)3/h4-10,21H,1-3H3. The van der Waals surface area contributed by atoms with Gasteiger partial charge >= 0.3 is 5.91 Å². The minimum Gasteiger partial charge on any atom is -0.502 e. The predicted molar refractivity (Wildman–Crippen MR) is 89.1 cm³/mol. The summed E-state index contributed by atoms with van der Waals surface area (Å²) >= 11 is 0. The maximum absolute atomic E-state index is 12.7. The van der Waals surface area contributed by atoms with E-state index in [1.165, 1.54) is 0 Å². The normalized spacial score (nSPS) is 14.8. The smallest absolute Gasteiger partial charge is 0.301 e. The molecule has 0 aliphatic carbocycles. The third-order valence-electron chi connectivity index (χ3n) is 3.99. The van der Waals surface area contributed by atoms with Crippen LogP contribution in [0.25, 0.3) is 5.57 Å². The summed E-state index contributed by atoms with van der Waals surface area (Å²) < 4.78 is 0. The summed E-state index contributed by atoms with van der Waals surface area (Å²) in [7, 11) is 0.